The zero-order valence-corrected chi connectivity index (χ0v) is 13.4. The zero-order chi connectivity index (χ0) is 15.1. The molecular formula is C16H31N3O2. The molecule has 0 spiro atoms. The maximum atomic E-state index is 12.2. The molecule has 0 aromatic rings. The van der Waals surface area contributed by atoms with Gasteiger partial charge in [-0.1, -0.05) is 6.92 Å². The van der Waals surface area contributed by atoms with Crippen molar-refractivity contribution in [3.63, 3.8) is 0 Å². The second-order valence-corrected chi connectivity index (χ2v) is 6.54. The molecule has 0 radical (unpaired) electrons. The Morgan fingerprint density at radius 2 is 2.05 bits per heavy atom. The van der Waals surface area contributed by atoms with Gasteiger partial charge in [0.15, 0.2) is 0 Å². The lowest BCUT2D eigenvalue weighted by atomic mass is 10.0. The highest BCUT2D eigenvalue weighted by Crippen LogP contribution is 2.15. The van der Waals surface area contributed by atoms with Crippen LogP contribution in [0, 0.1) is 5.92 Å². The summed E-state index contributed by atoms with van der Waals surface area (Å²) in [6, 6.07) is 0. The molecule has 122 valence electrons. The molecule has 5 nitrogen and oxygen atoms in total. The minimum Gasteiger partial charge on any atom is -0.377 e. The maximum absolute atomic E-state index is 12.2. The molecule has 2 heterocycles. The number of rotatable bonds is 7. The Labute approximate surface area is 128 Å². The lowest BCUT2D eigenvalue weighted by Crippen LogP contribution is -2.50. The molecule has 2 aliphatic rings. The number of piperazine rings is 1. The van der Waals surface area contributed by atoms with Crippen LogP contribution in [0.2, 0.25) is 0 Å². The van der Waals surface area contributed by atoms with Gasteiger partial charge >= 0.3 is 0 Å². The van der Waals surface area contributed by atoms with Crippen LogP contribution in [-0.4, -0.2) is 67.7 Å². The highest BCUT2D eigenvalue weighted by Gasteiger charge is 2.24. The van der Waals surface area contributed by atoms with Crippen molar-refractivity contribution in [3.05, 3.63) is 0 Å². The van der Waals surface area contributed by atoms with Gasteiger partial charge in [-0.15, -0.1) is 0 Å². The van der Waals surface area contributed by atoms with E-state index in [0.29, 0.717) is 24.3 Å². The third-order valence-electron chi connectivity index (χ3n) is 4.72. The third kappa shape index (κ3) is 5.57. The Kier molecular flexibility index (Phi) is 6.93. The number of ether oxygens (including phenoxy) is 1. The largest absolute Gasteiger partial charge is 0.377 e. The highest BCUT2D eigenvalue weighted by atomic mass is 16.5. The van der Waals surface area contributed by atoms with Crippen molar-refractivity contribution in [3.8, 4) is 0 Å². The van der Waals surface area contributed by atoms with E-state index in [1.807, 2.05) is 4.90 Å². The van der Waals surface area contributed by atoms with Crippen molar-refractivity contribution in [2.75, 3.05) is 45.9 Å². The van der Waals surface area contributed by atoms with E-state index in [0.717, 1.165) is 58.7 Å². The minimum atomic E-state index is 0.315. The molecule has 21 heavy (non-hydrogen) atoms. The number of hydrogen-bond donors (Lipinski definition) is 1. The highest BCUT2D eigenvalue weighted by molar-refractivity contribution is 5.76. The first kappa shape index (κ1) is 16.7. The lowest BCUT2D eigenvalue weighted by Gasteiger charge is -2.36. The fraction of sp³-hybridized carbons (Fsp3) is 0.938. The van der Waals surface area contributed by atoms with Gasteiger partial charge in [-0.3, -0.25) is 9.69 Å². The van der Waals surface area contributed by atoms with Crippen molar-refractivity contribution in [1.82, 2.24) is 9.80 Å². The van der Waals surface area contributed by atoms with Crippen molar-refractivity contribution in [1.29, 1.82) is 0 Å². The van der Waals surface area contributed by atoms with Crippen LogP contribution in [0.4, 0.5) is 0 Å². The van der Waals surface area contributed by atoms with E-state index in [9.17, 15) is 4.79 Å². The fourth-order valence-corrected chi connectivity index (χ4v) is 3.21. The maximum Gasteiger partial charge on any atom is 0.222 e. The molecule has 0 aliphatic carbocycles. The summed E-state index contributed by atoms with van der Waals surface area (Å²) in [5.74, 6) is 0.871. The zero-order valence-electron chi connectivity index (χ0n) is 13.4. The van der Waals surface area contributed by atoms with Crippen LogP contribution in [-0.2, 0) is 9.53 Å². The van der Waals surface area contributed by atoms with E-state index in [-0.39, 0.29) is 0 Å². The molecule has 0 saturated carbocycles. The quantitative estimate of drug-likeness (QED) is 0.764. The predicted molar refractivity (Wildman–Crippen MR) is 84.1 cm³/mol. The number of carbonyl (C=O) groups excluding carboxylic acids is 1. The van der Waals surface area contributed by atoms with Gasteiger partial charge < -0.3 is 15.4 Å². The molecular weight excluding hydrogens is 266 g/mol. The number of nitrogens with zero attached hydrogens (tertiary/aromatic N) is 2. The molecule has 0 aromatic heterocycles. The van der Waals surface area contributed by atoms with Gasteiger partial charge in [-0.2, -0.15) is 0 Å². The Hall–Kier alpha value is -0.650. The van der Waals surface area contributed by atoms with E-state index in [2.05, 4.69) is 11.8 Å². The van der Waals surface area contributed by atoms with Crippen LogP contribution in [0.25, 0.3) is 0 Å². The summed E-state index contributed by atoms with van der Waals surface area (Å²) in [4.78, 5) is 16.7. The standard InChI is InChI=1S/C16H31N3O2/c1-14(6-7-17)4-5-16(20)19-10-8-18(9-11-19)13-15-3-2-12-21-15/h14-15H,2-13,17H2,1H3. The summed E-state index contributed by atoms with van der Waals surface area (Å²) < 4.78 is 5.69. The van der Waals surface area contributed by atoms with E-state index >= 15 is 0 Å². The first-order chi connectivity index (χ1) is 10.2. The van der Waals surface area contributed by atoms with Crippen molar-refractivity contribution in [2.45, 2.75) is 45.1 Å². The number of hydrogen-bond acceptors (Lipinski definition) is 4. The van der Waals surface area contributed by atoms with Crippen molar-refractivity contribution in [2.24, 2.45) is 11.7 Å². The van der Waals surface area contributed by atoms with Gasteiger partial charge in [0.1, 0.15) is 0 Å². The second-order valence-electron chi connectivity index (χ2n) is 6.54. The average molecular weight is 297 g/mol. The molecule has 0 bridgehead atoms. The van der Waals surface area contributed by atoms with Gasteiger partial charge in [0, 0.05) is 45.8 Å². The summed E-state index contributed by atoms with van der Waals surface area (Å²) in [5.41, 5.74) is 5.55. The molecule has 5 heteroatoms. The molecule has 2 saturated heterocycles. The third-order valence-corrected chi connectivity index (χ3v) is 4.72. The normalized spacial score (nSPS) is 25.2. The van der Waals surface area contributed by atoms with E-state index in [4.69, 9.17) is 10.5 Å². The van der Waals surface area contributed by atoms with Crippen molar-refractivity contribution < 1.29 is 9.53 Å². The summed E-state index contributed by atoms with van der Waals surface area (Å²) in [5, 5.41) is 0. The van der Waals surface area contributed by atoms with Gasteiger partial charge in [0.25, 0.3) is 0 Å². The summed E-state index contributed by atoms with van der Waals surface area (Å²) in [7, 11) is 0. The summed E-state index contributed by atoms with van der Waals surface area (Å²) in [6.07, 6.45) is 5.47. The van der Waals surface area contributed by atoms with Crippen LogP contribution in [0.5, 0.6) is 0 Å². The minimum absolute atomic E-state index is 0.315. The number of nitrogens with two attached hydrogens (primary N) is 1. The van der Waals surface area contributed by atoms with E-state index in [1.54, 1.807) is 0 Å². The molecule has 2 unspecified atom stereocenters. The Morgan fingerprint density at radius 1 is 1.29 bits per heavy atom. The van der Waals surface area contributed by atoms with E-state index in [1.165, 1.54) is 12.8 Å². The SMILES string of the molecule is CC(CCN)CCC(=O)N1CCN(CC2CCCO2)CC1. The van der Waals surface area contributed by atoms with Crippen LogP contribution in [0.1, 0.15) is 39.0 Å². The lowest BCUT2D eigenvalue weighted by molar-refractivity contribution is -0.133. The predicted octanol–water partition coefficient (Wildman–Crippen LogP) is 1.07. The van der Waals surface area contributed by atoms with E-state index < -0.39 is 0 Å². The molecule has 2 aliphatic heterocycles. The van der Waals surface area contributed by atoms with Crippen LogP contribution in [0.3, 0.4) is 0 Å². The molecule has 2 atom stereocenters. The van der Waals surface area contributed by atoms with Gasteiger partial charge in [0.2, 0.25) is 5.91 Å². The second kappa shape index (κ2) is 8.71. The van der Waals surface area contributed by atoms with Crippen LogP contribution in [0.15, 0.2) is 0 Å². The Morgan fingerprint density at radius 3 is 2.67 bits per heavy atom. The molecule has 1 amide bonds. The summed E-state index contributed by atoms with van der Waals surface area (Å²) >= 11 is 0. The van der Waals surface area contributed by atoms with Crippen molar-refractivity contribution >= 4 is 5.91 Å². The first-order valence-corrected chi connectivity index (χ1v) is 8.51. The summed E-state index contributed by atoms with van der Waals surface area (Å²) in [6.45, 7) is 8.58. The topological polar surface area (TPSA) is 58.8 Å². The van der Waals surface area contributed by atoms with Gasteiger partial charge in [-0.25, -0.2) is 0 Å². The average Bonchev–Trinajstić information content (AvgIpc) is 2.99. The van der Waals surface area contributed by atoms with Crippen LogP contribution < -0.4 is 5.73 Å². The van der Waals surface area contributed by atoms with Crippen LogP contribution >= 0.6 is 0 Å². The number of carbonyl (C=O) groups is 1. The Bertz CT molecular complexity index is 311. The molecule has 2 rings (SSSR count). The van der Waals surface area contributed by atoms with Gasteiger partial charge in [0.05, 0.1) is 6.10 Å². The molecule has 0 aromatic carbocycles. The molecule has 2 N–H and O–H groups in total. The monoisotopic (exact) mass is 297 g/mol. The first-order valence-electron chi connectivity index (χ1n) is 8.51. The molecule has 2 fully saturated rings. The fourth-order valence-electron chi connectivity index (χ4n) is 3.21. The smallest absolute Gasteiger partial charge is 0.222 e. The Balaban J connectivity index is 1.62. The van der Waals surface area contributed by atoms with Gasteiger partial charge in [-0.05, 0) is 38.1 Å². The number of amides is 1.